The maximum absolute atomic E-state index is 12.8. The summed E-state index contributed by atoms with van der Waals surface area (Å²) >= 11 is 0. The van der Waals surface area contributed by atoms with Gasteiger partial charge in [0.25, 0.3) is 0 Å². The lowest BCUT2D eigenvalue weighted by molar-refractivity contribution is -0.0715. The zero-order chi connectivity index (χ0) is 29.5. The molecule has 3 unspecified atom stereocenters. The molecule has 0 saturated carbocycles. The third-order valence-electron chi connectivity index (χ3n) is 8.07. The molecule has 6 N–H and O–H groups in total. The minimum absolute atomic E-state index is 0.00294. The van der Waals surface area contributed by atoms with Gasteiger partial charge in [0.1, 0.15) is 18.0 Å². The van der Waals surface area contributed by atoms with Gasteiger partial charge < -0.3 is 39.6 Å². The molecule has 1 aliphatic heterocycles. The lowest BCUT2D eigenvalue weighted by atomic mass is 9.93. The topological polar surface area (TPSA) is 187 Å². The summed E-state index contributed by atoms with van der Waals surface area (Å²) in [4.78, 5) is 27.0. The highest BCUT2D eigenvalue weighted by Crippen LogP contribution is 2.59. The molecule has 1 aromatic rings. The van der Waals surface area contributed by atoms with Crippen molar-refractivity contribution in [2.24, 2.45) is 0 Å². The van der Waals surface area contributed by atoms with Crippen LogP contribution in [-0.4, -0.2) is 67.3 Å². The number of hydrogen-bond donors (Lipinski definition) is 5. The predicted molar refractivity (Wildman–Crippen MR) is 146 cm³/mol. The van der Waals surface area contributed by atoms with E-state index in [1.807, 2.05) is 0 Å². The van der Waals surface area contributed by atoms with Crippen molar-refractivity contribution >= 4 is 21.7 Å². The number of hydrogen-bond acceptors (Lipinski definition) is 10. The fourth-order valence-corrected chi connectivity index (χ4v) is 6.03. The van der Waals surface area contributed by atoms with Gasteiger partial charge in [-0.1, -0.05) is 34.6 Å². The minimum atomic E-state index is -4.49. The monoisotopic (exact) mass is 579 g/mol. The van der Waals surface area contributed by atoms with Gasteiger partial charge in [-0.3, -0.25) is 9.13 Å². The number of nitrogen functional groups attached to an aromatic ring is 1. The molecule has 1 fully saturated rings. The number of rotatable bonds is 11. The first-order valence-electron chi connectivity index (χ1n) is 12.9. The highest BCUT2D eigenvalue weighted by molar-refractivity contribution is 7.54. The van der Waals surface area contributed by atoms with Gasteiger partial charge in [-0.15, -0.1) is 0 Å². The van der Waals surface area contributed by atoms with E-state index in [0.29, 0.717) is 5.56 Å². The molecule has 14 heteroatoms. The molecule has 0 radical (unpaired) electrons. The van der Waals surface area contributed by atoms with E-state index in [1.165, 1.54) is 13.1 Å². The highest BCUT2D eigenvalue weighted by Gasteiger charge is 2.51. The van der Waals surface area contributed by atoms with E-state index in [9.17, 15) is 29.6 Å². The van der Waals surface area contributed by atoms with Gasteiger partial charge in [-0.05, 0) is 44.8 Å². The molecular formula is C24H46N3O9PSi. The molecule has 220 valence electrons. The second-order valence-corrected chi connectivity index (χ2v) is 19.1. The van der Waals surface area contributed by atoms with Crippen LogP contribution in [0.1, 0.15) is 79.5 Å². The van der Waals surface area contributed by atoms with Gasteiger partial charge in [-0.25, -0.2) is 4.79 Å². The predicted octanol–water partition coefficient (Wildman–Crippen LogP) is 2.85. The van der Waals surface area contributed by atoms with Gasteiger partial charge in [0.05, 0.1) is 18.3 Å². The number of aliphatic hydroxyl groups excluding tert-OH is 2. The van der Waals surface area contributed by atoms with Gasteiger partial charge >= 0.3 is 13.3 Å². The van der Waals surface area contributed by atoms with Crippen LogP contribution < -0.4 is 11.4 Å². The van der Waals surface area contributed by atoms with E-state index in [2.05, 4.69) is 38.8 Å². The summed E-state index contributed by atoms with van der Waals surface area (Å²) in [5.41, 5.74) is 4.36. The Morgan fingerprint density at radius 1 is 1.16 bits per heavy atom. The molecule has 0 aromatic carbocycles. The summed E-state index contributed by atoms with van der Waals surface area (Å²) < 4.78 is 31.5. The third kappa shape index (κ3) is 6.94. The van der Waals surface area contributed by atoms with Crippen LogP contribution in [0.15, 0.2) is 11.0 Å². The number of ether oxygens (including phenoxy) is 1. The van der Waals surface area contributed by atoms with Crippen molar-refractivity contribution in [1.29, 1.82) is 0 Å². The highest BCUT2D eigenvalue weighted by atomic mass is 31.2. The zero-order valence-corrected chi connectivity index (χ0v) is 25.9. The Labute approximate surface area is 225 Å². The SMILES string of the molecule is CCC(C)(C[C@H]1O[C@@H](n2cc(CO[Si](C)(C)C(C)(C)C)c(N)nc2=O)[C@H](O)[C@@H]1O)OP(=O)(O)C(C)(O)CC. The first kappa shape index (κ1) is 33.1. The molecule has 0 amide bonds. The quantitative estimate of drug-likeness (QED) is 0.192. The molecule has 0 spiro atoms. The van der Waals surface area contributed by atoms with Crippen LogP contribution in [0.25, 0.3) is 0 Å². The van der Waals surface area contributed by atoms with E-state index in [0.717, 1.165) is 4.57 Å². The Hall–Kier alpha value is -1.15. The van der Waals surface area contributed by atoms with Crippen LogP contribution in [-0.2, 0) is 24.9 Å². The Bertz CT molecular complexity index is 1090. The number of anilines is 1. The average molecular weight is 580 g/mol. The molecule has 0 bridgehead atoms. The van der Waals surface area contributed by atoms with E-state index in [1.54, 1.807) is 20.8 Å². The molecule has 12 nitrogen and oxygen atoms in total. The second-order valence-electron chi connectivity index (χ2n) is 12.1. The summed E-state index contributed by atoms with van der Waals surface area (Å²) in [6.45, 7) is 16.6. The fraction of sp³-hybridized carbons (Fsp3) is 0.833. The number of aromatic nitrogens is 2. The van der Waals surface area contributed by atoms with E-state index < -0.39 is 57.1 Å². The fourth-order valence-electron chi connectivity index (χ4n) is 3.69. The molecule has 1 saturated heterocycles. The summed E-state index contributed by atoms with van der Waals surface area (Å²) in [7, 11) is -6.63. The molecule has 7 atom stereocenters. The molecule has 38 heavy (non-hydrogen) atoms. The van der Waals surface area contributed by atoms with Crippen LogP contribution in [0.4, 0.5) is 5.82 Å². The van der Waals surface area contributed by atoms with Crippen molar-refractivity contribution in [2.75, 3.05) is 5.73 Å². The van der Waals surface area contributed by atoms with Crippen molar-refractivity contribution in [3.63, 3.8) is 0 Å². The summed E-state index contributed by atoms with van der Waals surface area (Å²) in [5, 5.41) is 29.9. The summed E-state index contributed by atoms with van der Waals surface area (Å²) in [5.74, 6) is 0.00294. The smallest absolute Gasteiger partial charge is 0.359 e. The van der Waals surface area contributed by atoms with Crippen LogP contribution in [0, 0.1) is 0 Å². The van der Waals surface area contributed by atoms with Crippen LogP contribution in [0.3, 0.4) is 0 Å². The molecule has 1 aliphatic rings. The van der Waals surface area contributed by atoms with Gasteiger partial charge in [-0.2, -0.15) is 4.98 Å². The Morgan fingerprint density at radius 2 is 1.74 bits per heavy atom. The summed E-state index contributed by atoms with van der Waals surface area (Å²) in [6, 6.07) is 0. The summed E-state index contributed by atoms with van der Waals surface area (Å²) in [6.07, 6.45) is -3.74. The van der Waals surface area contributed by atoms with Crippen molar-refractivity contribution in [3.05, 3.63) is 22.2 Å². The Balaban J connectivity index is 2.30. The van der Waals surface area contributed by atoms with Gasteiger partial charge in [0.2, 0.25) is 0 Å². The molecule has 0 aliphatic carbocycles. The molecule has 1 aromatic heterocycles. The first-order chi connectivity index (χ1) is 17.1. The van der Waals surface area contributed by atoms with Crippen molar-refractivity contribution < 1.29 is 38.5 Å². The number of nitrogens with two attached hydrogens (primary N) is 1. The third-order valence-corrected chi connectivity index (χ3v) is 14.8. The van der Waals surface area contributed by atoms with Gasteiger partial charge in [0.15, 0.2) is 19.9 Å². The van der Waals surface area contributed by atoms with Crippen molar-refractivity contribution in [3.8, 4) is 0 Å². The van der Waals surface area contributed by atoms with Crippen LogP contribution in [0.2, 0.25) is 18.1 Å². The van der Waals surface area contributed by atoms with Crippen molar-refractivity contribution in [1.82, 2.24) is 9.55 Å². The normalized spacial score (nSPS) is 27.5. The van der Waals surface area contributed by atoms with Crippen molar-refractivity contribution in [2.45, 2.75) is 128 Å². The van der Waals surface area contributed by atoms with E-state index in [-0.39, 0.29) is 36.7 Å². The second kappa shape index (κ2) is 11.4. The maximum atomic E-state index is 12.8. The lowest BCUT2D eigenvalue weighted by Crippen LogP contribution is -2.41. The van der Waals surface area contributed by atoms with Crippen LogP contribution >= 0.6 is 7.60 Å². The van der Waals surface area contributed by atoms with Crippen LogP contribution in [0.5, 0.6) is 0 Å². The molecule has 2 rings (SSSR count). The Kier molecular flexibility index (Phi) is 9.90. The maximum Gasteiger partial charge on any atom is 0.359 e. The number of aliphatic hydroxyl groups is 3. The Morgan fingerprint density at radius 3 is 2.24 bits per heavy atom. The number of nitrogens with zero attached hydrogens (tertiary/aromatic N) is 2. The largest absolute Gasteiger partial charge is 0.412 e. The van der Waals surface area contributed by atoms with E-state index in [4.69, 9.17) is 19.4 Å². The zero-order valence-electron chi connectivity index (χ0n) is 24.0. The molecule has 2 heterocycles. The lowest BCUT2D eigenvalue weighted by Gasteiger charge is -2.37. The standard InChI is InChI=1S/C24H46N3O9PSi/c1-10-23(6,36-37(32,33)24(7,31)11-2)12-16-17(28)18(29)20(35-16)27-13-15(19(25)26-21(27)30)14-34-38(8,9)22(3,4)5/h13,16-18,20,28-29,31H,10-12,14H2,1-9H3,(H,32,33)(H2,25,26,30)/t16-,17-,18-,20-,23?,24?/m1/s1. The van der Waals surface area contributed by atoms with Gasteiger partial charge in [0, 0.05) is 18.2 Å². The minimum Gasteiger partial charge on any atom is -0.412 e. The first-order valence-corrected chi connectivity index (χ1v) is 17.4. The van der Waals surface area contributed by atoms with E-state index >= 15 is 0 Å². The average Bonchev–Trinajstić information content (AvgIpc) is 3.05. The molecular weight excluding hydrogens is 533 g/mol.